The Morgan fingerprint density at radius 3 is 2.60 bits per heavy atom. The molecule has 0 spiro atoms. The second kappa shape index (κ2) is 5.79. The van der Waals surface area contributed by atoms with Gasteiger partial charge in [-0.1, -0.05) is 6.07 Å². The lowest BCUT2D eigenvalue weighted by Gasteiger charge is -2.08. The van der Waals surface area contributed by atoms with Crippen LogP contribution in [0.3, 0.4) is 0 Å². The van der Waals surface area contributed by atoms with E-state index in [4.69, 9.17) is 9.47 Å². The number of rotatable bonds is 3. The van der Waals surface area contributed by atoms with Gasteiger partial charge in [0, 0.05) is 6.92 Å². The second-order valence-corrected chi connectivity index (χ2v) is 4.87. The number of amides is 2. The highest BCUT2D eigenvalue weighted by Crippen LogP contribution is 2.31. The molecule has 1 N–H and O–H groups in total. The number of benzene rings is 1. The number of methoxy groups -OCH3 is 1. The fourth-order valence-electron chi connectivity index (χ4n) is 1.59. The molecule has 1 aliphatic heterocycles. The second-order valence-electron chi connectivity index (χ2n) is 3.86. The van der Waals surface area contributed by atoms with Crippen molar-refractivity contribution in [3.05, 3.63) is 28.7 Å². The van der Waals surface area contributed by atoms with Crippen molar-refractivity contribution in [2.75, 3.05) is 7.11 Å². The SMILES string of the molecule is COc1ccc(/C=C2\SC(=O)NC2=O)cc1OC(C)=O. The Bertz CT molecular complexity index is 623. The fourth-order valence-corrected chi connectivity index (χ4v) is 2.27. The molecule has 0 atom stereocenters. The third kappa shape index (κ3) is 3.18. The van der Waals surface area contributed by atoms with E-state index >= 15 is 0 Å². The van der Waals surface area contributed by atoms with E-state index in [-0.39, 0.29) is 10.7 Å². The van der Waals surface area contributed by atoms with Crippen LogP contribution in [0.1, 0.15) is 12.5 Å². The lowest BCUT2D eigenvalue weighted by atomic mass is 10.2. The summed E-state index contributed by atoms with van der Waals surface area (Å²) in [6.07, 6.45) is 1.54. The highest BCUT2D eigenvalue weighted by molar-refractivity contribution is 8.18. The number of carbonyl (C=O) groups is 3. The Hall–Kier alpha value is -2.28. The van der Waals surface area contributed by atoms with E-state index in [0.29, 0.717) is 11.3 Å². The highest BCUT2D eigenvalue weighted by atomic mass is 32.2. The lowest BCUT2D eigenvalue weighted by molar-refractivity contribution is -0.132. The summed E-state index contributed by atoms with van der Waals surface area (Å²) in [6.45, 7) is 1.28. The minimum absolute atomic E-state index is 0.254. The largest absolute Gasteiger partial charge is 0.493 e. The molecule has 1 heterocycles. The third-order valence-electron chi connectivity index (χ3n) is 2.38. The first-order chi connectivity index (χ1) is 9.49. The van der Waals surface area contributed by atoms with Crippen molar-refractivity contribution in [1.29, 1.82) is 0 Å². The van der Waals surface area contributed by atoms with Gasteiger partial charge in [-0.3, -0.25) is 19.7 Å². The minimum atomic E-state index is -0.476. The average molecular weight is 293 g/mol. The van der Waals surface area contributed by atoms with Gasteiger partial charge in [0.25, 0.3) is 11.1 Å². The van der Waals surface area contributed by atoms with E-state index in [1.165, 1.54) is 20.1 Å². The molecule has 2 rings (SSSR count). The number of esters is 1. The van der Waals surface area contributed by atoms with E-state index in [1.54, 1.807) is 18.2 Å². The number of imide groups is 1. The van der Waals surface area contributed by atoms with Crippen molar-refractivity contribution in [2.24, 2.45) is 0 Å². The van der Waals surface area contributed by atoms with Crippen LogP contribution in [-0.2, 0) is 9.59 Å². The topological polar surface area (TPSA) is 81.7 Å². The Balaban J connectivity index is 2.33. The number of hydrogen-bond acceptors (Lipinski definition) is 6. The van der Waals surface area contributed by atoms with Crippen molar-refractivity contribution in [1.82, 2.24) is 5.32 Å². The van der Waals surface area contributed by atoms with Gasteiger partial charge in [-0.05, 0) is 35.5 Å². The first kappa shape index (κ1) is 14.1. The molecule has 1 aromatic carbocycles. The molecule has 0 saturated carbocycles. The van der Waals surface area contributed by atoms with Crippen LogP contribution < -0.4 is 14.8 Å². The maximum Gasteiger partial charge on any atom is 0.308 e. The summed E-state index contributed by atoms with van der Waals surface area (Å²) in [6, 6.07) is 4.86. The molecular weight excluding hydrogens is 282 g/mol. The Morgan fingerprint density at radius 1 is 1.30 bits per heavy atom. The molecule has 0 aliphatic carbocycles. The molecule has 1 fully saturated rings. The lowest BCUT2D eigenvalue weighted by Crippen LogP contribution is -2.17. The standard InChI is InChI=1S/C13H11NO5S/c1-7(15)19-10-5-8(3-4-9(10)18-2)6-11-12(16)14-13(17)20-11/h3-6H,1-2H3,(H,14,16,17)/b11-6-. The summed E-state index contributed by atoms with van der Waals surface area (Å²) < 4.78 is 10.1. The normalized spacial score (nSPS) is 16.2. The van der Waals surface area contributed by atoms with E-state index in [9.17, 15) is 14.4 Å². The van der Waals surface area contributed by atoms with Gasteiger partial charge in [0.15, 0.2) is 11.5 Å². The molecule has 7 heteroatoms. The van der Waals surface area contributed by atoms with Crippen molar-refractivity contribution in [2.45, 2.75) is 6.92 Å². The Morgan fingerprint density at radius 2 is 2.05 bits per heavy atom. The summed E-state index contributed by atoms with van der Waals surface area (Å²) in [4.78, 5) is 33.8. The van der Waals surface area contributed by atoms with E-state index in [0.717, 1.165) is 11.8 Å². The van der Waals surface area contributed by atoms with Gasteiger partial charge >= 0.3 is 5.97 Å². The van der Waals surface area contributed by atoms with Gasteiger partial charge in [0.2, 0.25) is 0 Å². The molecule has 1 aliphatic rings. The van der Waals surface area contributed by atoms with Gasteiger partial charge in [0.05, 0.1) is 12.0 Å². The number of nitrogens with one attached hydrogen (secondary N) is 1. The van der Waals surface area contributed by atoms with Crippen LogP contribution >= 0.6 is 11.8 Å². The zero-order valence-corrected chi connectivity index (χ0v) is 11.6. The van der Waals surface area contributed by atoms with Gasteiger partial charge < -0.3 is 9.47 Å². The van der Waals surface area contributed by atoms with Crippen LogP contribution in [0.25, 0.3) is 6.08 Å². The van der Waals surface area contributed by atoms with Crippen LogP contribution in [0.4, 0.5) is 4.79 Å². The zero-order chi connectivity index (χ0) is 14.7. The van der Waals surface area contributed by atoms with Gasteiger partial charge in [-0.25, -0.2) is 0 Å². The van der Waals surface area contributed by atoms with Crippen molar-refractivity contribution in [3.63, 3.8) is 0 Å². The monoisotopic (exact) mass is 293 g/mol. The molecule has 0 radical (unpaired) electrons. The number of hydrogen-bond donors (Lipinski definition) is 1. The summed E-state index contributed by atoms with van der Waals surface area (Å²) in [5.74, 6) is -0.257. The van der Waals surface area contributed by atoms with E-state index in [2.05, 4.69) is 5.32 Å². The van der Waals surface area contributed by atoms with Crippen LogP contribution in [0.15, 0.2) is 23.1 Å². The van der Waals surface area contributed by atoms with Crippen LogP contribution in [-0.4, -0.2) is 24.2 Å². The Kier molecular flexibility index (Phi) is 4.09. The quantitative estimate of drug-likeness (QED) is 0.521. The van der Waals surface area contributed by atoms with Crippen molar-refractivity contribution >= 4 is 35.0 Å². The average Bonchev–Trinajstić information content (AvgIpc) is 2.67. The predicted octanol–water partition coefficient (Wildman–Crippen LogP) is 1.94. The smallest absolute Gasteiger partial charge is 0.308 e. The summed E-state index contributed by atoms with van der Waals surface area (Å²) >= 11 is 0.821. The maximum atomic E-state index is 11.4. The first-order valence-corrected chi connectivity index (χ1v) is 6.42. The first-order valence-electron chi connectivity index (χ1n) is 5.61. The highest BCUT2D eigenvalue weighted by Gasteiger charge is 2.25. The van der Waals surface area contributed by atoms with Crippen molar-refractivity contribution < 1.29 is 23.9 Å². The maximum absolute atomic E-state index is 11.4. The minimum Gasteiger partial charge on any atom is -0.493 e. The molecule has 6 nitrogen and oxygen atoms in total. The third-order valence-corrected chi connectivity index (χ3v) is 3.19. The number of carbonyl (C=O) groups excluding carboxylic acids is 3. The van der Waals surface area contributed by atoms with Gasteiger partial charge in [0.1, 0.15) is 0 Å². The predicted molar refractivity (Wildman–Crippen MR) is 73.4 cm³/mol. The zero-order valence-electron chi connectivity index (χ0n) is 10.8. The molecular formula is C13H11NO5S. The van der Waals surface area contributed by atoms with Crippen LogP contribution in [0, 0.1) is 0 Å². The summed E-state index contributed by atoms with van der Waals surface area (Å²) in [7, 11) is 1.46. The molecule has 104 valence electrons. The molecule has 1 saturated heterocycles. The number of ether oxygens (including phenoxy) is 2. The molecule has 0 unspecified atom stereocenters. The molecule has 1 aromatic rings. The van der Waals surface area contributed by atoms with Gasteiger partial charge in [-0.2, -0.15) is 0 Å². The van der Waals surface area contributed by atoms with E-state index in [1.807, 2.05) is 0 Å². The number of thioether (sulfide) groups is 1. The summed E-state index contributed by atoms with van der Waals surface area (Å²) in [5.41, 5.74) is 0.620. The molecule has 2 amide bonds. The molecule has 0 bridgehead atoms. The molecule has 0 aromatic heterocycles. The van der Waals surface area contributed by atoms with Crippen LogP contribution in [0.5, 0.6) is 11.5 Å². The van der Waals surface area contributed by atoms with E-state index < -0.39 is 17.1 Å². The van der Waals surface area contributed by atoms with Crippen molar-refractivity contribution in [3.8, 4) is 11.5 Å². The van der Waals surface area contributed by atoms with Gasteiger partial charge in [-0.15, -0.1) is 0 Å². The fraction of sp³-hybridized carbons (Fsp3) is 0.154. The molecule has 20 heavy (non-hydrogen) atoms. The summed E-state index contributed by atoms with van der Waals surface area (Å²) in [5, 5.41) is 1.76. The van der Waals surface area contributed by atoms with Crippen LogP contribution in [0.2, 0.25) is 0 Å². The Labute approximate surface area is 119 Å².